The van der Waals surface area contributed by atoms with Gasteiger partial charge in [-0.05, 0) is 55.8 Å². The van der Waals surface area contributed by atoms with Gasteiger partial charge in [0.25, 0.3) is 0 Å². The Morgan fingerprint density at radius 3 is 2.43 bits per heavy atom. The standard InChI is InChI=1S/C18H17FN4/c1-22-11-17-10-16(22)12-23(17)18-9-8-15(20-21-18)7-4-13-2-5-14(19)6-3-13/h2-3,5-6,8-9,16-17H,10-12H2,1H3/t16-,17-/m0/s1. The Hall–Kier alpha value is -2.45. The van der Waals surface area contributed by atoms with E-state index in [2.05, 4.69) is 38.9 Å². The fourth-order valence-electron chi connectivity index (χ4n) is 3.36. The number of halogens is 1. The van der Waals surface area contributed by atoms with Crippen LogP contribution in [-0.2, 0) is 0 Å². The molecule has 2 aliphatic heterocycles. The molecule has 1 aromatic heterocycles. The van der Waals surface area contributed by atoms with Gasteiger partial charge in [0.1, 0.15) is 11.5 Å². The van der Waals surface area contributed by atoms with Crippen molar-refractivity contribution in [3.63, 3.8) is 0 Å². The molecule has 4 rings (SSSR count). The van der Waals surface area contributed by atoms with E-state index in [9.17, 15) is 4.39 Å². The molecule has 2 fully saturated rings. The molecular weight excluding hydrogens is 291 g/mol. The summed E-state index contributed by atoms with van der Waals surface area (Å²) in [6.07, 6.45) is 1.21. The number of fused-ring (bicyclic) bond motifs is 2. The molecule has 3 heterocycles. The van der Waals surface area contributed by atoms with Crippen molar-refractivity contribution in [3.05, 3.63) is 53.5 Å². The number of hydrogen-bond donors (Lipinski definition) is 0. The summed E-state index contributed by atoms with van der Waals surface area (Å²) in [7, 11) is 2.18. The number of hydrogen-bond acceptors (Lipinski definition) is 4. The maximum absolute atomic E-state index is 12.9. The minimum atomic E-state index is -0.259. The van der Waals surface area contributed by atoms with Crippen molar-refractivity contribution in [1.29, 1.82) is 0 Å². The van der Waals surface area contributed by atoms with E-state index in [-0.39, 0.29) is 5.82 Å². The average Bonchev–Trinajstić information content (AvgIpc) is 3.14. The van der Waals surface area contributed by atoms with Crippen LogP contribution in [0.1, 0.15) is 17.7 Å². The van der Waals surface area contributed by atoms with E-state index < -0.39 is 0 Å². The van der Waals surface area contributed by atoms with Gasteiger partial charge >= 0.3 is 0 Å². The van der Waals surface area contributed by atoms with Crippen LogP contribution in [0.3, 0.4) is 0 Å². The van der Waals surface area contributed by atoms with Gasteiger partial charge in [-0.25, -0.2) is 4.39 Å². The highest BCUT2D eigenvalue weighted by atomic mass is 19.1. The molecule has 5 heteroatoms. The smallest absolute Gasteiger partial charge is 0.151 e. The number of piperazine rings is 1. The van der Waals surface area contributed by atoms with E-state index in [1.807, 2.05) is 12.1 Å². The predicted octanol–water partition coefficient (Wildman–Crippen LogP) is 1.91. The summed E-state index contributed by atoms with van der Waals surface area (Å²) in [6, 6.07) is 11.2. The van der Waals surface area contributed by atoms with Crippen LogP contribution in [0.5, 0.6) is 0 Å². The first-order valence-corrected chi connectivity index (χ1v) is 7.77. The Kier molecular flexibility index (Phi) is 3.47. The lowest BCUT2D eigenvalue weighted by molar-refractivity contribution is 0.292. The third-order valence-electron chi connectivity index (χ3n) is 4.64. The highest BCUT2D eigenvalue weighted by Crippen LogP contribution is 2.32. The second-order valence-electron chi connectivity index (χ2n) is 6.17. The Balaban J connectivity index is 1.48. The van der Waals surface area contributed by atoms with Gasteiger partial charge in [0.05, 0.1) is 0 Å². The summed E-state index contributed by atoms with van der Waals surface area (Å²) in [5.41, 5.74) is 1.39. The zero-order valence-corrected chi connectivity index (χ0v) is 12.9. The summed E-state index contributed by atoms with van der Waals surface area (Å²) in [5, 5.41) is 8.53. The Morgan fingerprint density at radius 2 is 1.83 bits per heavy atom. The first kappa shape index (κ1) is 14.2. The van der Waals surface area contributed by atoms with Gasteiger partial charge in [0, 0.05) is 30.7 Å². The van der Waals surface area contributed by atoms with Crippen molar-refractivity contribution in [2.24, 2.45) is 0 Å². The first-order valence-electron chi connectivity index (χ1n) is 7.77. The third-order valence-corrected chi connectivity index (χ3v) is 4.64. The summed E-state index contributed by atoms with van der Waals surface area (Å²) in [4.78, 5) is 4.76. The molecule has 2 atom stereocenters. The molecule has 0 spiro atoms. The topological polar surface area (TPSA) is 32.3 Å². The van der Waals surface area contributed by atoms with Crippen molar-refractivity contribution in [3.8, 4) is 11.8 Å². The summed E-state index contributed by atoms with van der Waals surface area (Å²) in [5.74, 6) is 6.61. The van der Waals surface area contributed by atoms with Crippen LogP contribution >= 0.6 is 0 Å². The molecule has 116 valence electrons. The zero-order chi connectivity index (χ0) is 15.8. The Labute approximate surface area is 134 Å². The van der Waals surface area contributed by atoms with E-state index in [0.717, 1.165) is 24.5 Å². The van der Waals surface area contributed by atoms with Gasteiger partial charge < -0.3 is 4.90 Å². The summed E-state index contributed by atoms with van der Waals surface area (Å²) < 4.78 is 12.9. The lowest BCUT2D eigenvalue weighted by Gasteiger charge is -2.32. The minimum Gasteiger partial charge on any atom is -0.349 e. The summed E-state index contributed by atoms with van der Waals surface area (Å²) in [6.45, 7) is 2.12. The molecule has 23 heavy (non-hydrogen) atoms. The lowest BCUT2D eigenvalue weighted by atomic mass is 10.2. The molecule has 0 unspecified atom stereocenters. The highest BCUT2D eigenvalue weighted by Gasteiger charge is 2.41. The Bertz CT molecular complexity index is 758. The molecule has 2 bridgehead atoms. The van der Waals surface area contributed by atoms with Gasteiger partial charge in [-0.15, -0.1) is 10.2 Å². The third kappa shape index (κ3) is 2.78. The largest absolute Gasteiger partial charge is 0.349 e. The number of likely N-dealkylation sites (N-methyl/N-ethyl adjacent to an activating group) is 1. The molecule has 2 aliphatic rings. The van der Waals surface area contributed by atoms with Gasteiger partial charge in [0.2, 0.25) is 0 Å². The number of nitrogens with zero attached hydrogens (tertiary/aromatic N) is 4. The molecule has 4 nitrogen and oxygen atoms in total. The molecule has 1 aromatic carbocycles. The number of anilines is 1. The molecule has 2 aromatic rings. The van der Waals surface area contributed by atoms with Crippen molar-refractivity contribution in [1.82, 2.24) is 15.1 Å². The SMILES string of the molecule is CN1C[C@@H]2C[C@H]1CN2c1ccc(C#Cc2ccc(F)cc2)nn1. The second kappa shape index (κ2) is 5.64. The molecule has 0 N–H and O–H groups in total. The number of rotatable bonds is 1. The second-order valence-corrected chi connectivity index (χ2v) is 6.17. The fraction of sp³-hybridized carbons (Fsp3) is 0.333. The van der Waals surface area contributed by atoms with E-state index in [1.165, 1.54) is 18.6 Å². The first-order chi connectivity index (χ1) is 11.2. The molecule has 0 radical (unpaired) electrons. The minimum absolute atomic E-state index is 0.259. The quantitative estimate of drug-likeness (QED) is 0.753. The maximum atomic E-state index is 12.9. The van der Waals surface area contributed by atoms with Gasteiger partial charge in [-0.2, -0.15) is 0 Å². The van der Waals surface area contributed by atoms with Crippen LogP contribution in [0.15, 0.2) is 36.4 Å². The van der Waals surface area contributed by atoms with Crippen LogP contribution in [0.4, 0.5) is 10.2 Å². The van der Waals surface area contributed by atoms with Crippen LogP contribution in [0, 0.1) is 17.7 Å². The van der Waals surface area contributed by atoms with Gasteiger partial charge in [0.15, 0.2) is 5.82 Å². The molecule has 2 saturated heterocycles. The van der Waals surface area contributed by atoms with E-state index in [1.54, 1.807) is 12.1 Å². The van der Waals surface area contributed by atoms with Crippen molar-refractivity contribution in [2.75, 3.05) is 25.0 Å². The Morgan fingerprint density at radius 1 is 1.00 bits per heavy atom. The monoisotopic (exact) mass is 308 g/mol. The fourth-order valence-corrected chi connectivity index (χ4v) is 3.36. The molecular formula is C18H17FN4. The van der Waals surface area contributed by atoms with Crippen molar-refractivity contribution in [2.45, 2.75) is 18.5 Å². The summed E-state index contributed by atoms with van der Waals surface area (Å²) >= 11 is 0. The van der Waals surface area contributed by atoms with Gasteiger partial charge in [-0.3, -0.25) is 4.90 Å². The molecule has 0 saturated carbocycles. The molecule has 0 amide bonds. The van der Waals surface area contributed by atoms with Gasteiger partial charge in [-0.1, -0.05) is 5.92 Å². The average molecular weight is 308 g/mol. The lowest BCUT2D eigenvalue weighted by Crippen LogP contribution is -2.44. The number of likely N-dealkylation sites (tertiary alicyclic amines) is 1. The van der Waals surface area contributed by atoms with Crippen LogP contribution in [0.25, 0.3) is 0 Å². The van der Waals surface area contributed by atoms with Crippen LogP contribution in [0.2, 0.25) is 0 Å². The molecule has 0 aliphatic carbocycles. The highest BCUT2D eigenvalue weighted by molar-refractivity contribution is 5.45. The van der Waals surface area contributed by atoms with E-state index >= 15 is 0 Å². The zero-order valence-electron chi connectivity index (χ0n) is 12.9. The maximum Gasteiger partial charge on any atom is 0.151 e. The van der Waals surface area contributed by atoms with Crippen LogP contribution < -0.4 is 4.90 Å². The van der Waals surface area contributed by atoms with Crippen molar-refractivity contribution >= 4 is 5.82 Å². The number of benzene rings is 1. The normalized spacial score (nSPS) is 23.0. The predicted molar refractivity (Wildman–Crippen MR) is 86.6 cm³/mol. The van der Waals surface area contributed by atoms with E-state index in [4.69, 9.17) is 0 Å². The van der Waals surface area contributed by atoms with Crippen molar-refractivity contribution < 1.29 is 4.39 Å². The van der Waals surface area contributed by atoms with E-state index in [0.29, 0.717) is 17.8 Å². The van der Waals surface area contributed by atoms with Crippen LogP contribution in [-0.4, -0.2) is 47.3 Å². The number of aromatic nitrogens is 2.